The van der Waals surface area contributed by atoms with Crippen molar-refractivity contribution >= 4 is 34.9 Å². The zero-order chi connectivity index (χ0) is 25.5. The quantitative estimate of drug-likeness (QED) is 0.289. The van der Waals surface area contributed by atoms with E-state index in [9.17, 15) is 9.18 Å². The number of halogens is 3. The summed E-state index contributed by atoms with van der Waals surface area (Å²) in [6, 6.07) is 3.94. The summed E-state index contributed by atoms with van der Waals surface area (Å²) in [5.41, 5.74) is 7.92. The fraction of sp³-hybridized carbons (Fsp3) is 0.375. The van der Waals surface area contributed by atoms with Gasteiger partial charge in [-0.25, -0.2) is 9.37 Å². The van der Waals surface area contributed by atoms with E-state index in [0.29, 0.717) is 22.9 Å². The fourth-order valence-corrected chi connectivity index (χ4v) is 3.92. The number of aromatic nitrogens is 3. The van der Waals surface area contributed by atoms with Crippen LogP contribution in [0, 0.1) is 5.82 Å². The van der Waals surface area contributed by atoms with Gasteiger partial charge in [-0.15, -0.1) is 0 Å². The minimum atomic E-state index is -0.539. The number of rotatable bonds is 11. The standard InChI is InChI=1S/C24H29Cl2FN6O2/c1-15(24(34)29-8-4-9-32(2)3)33-14-17(13-31-33)16-11-21(23(28)30-12-16)35-10-7-18-19(25)5-6-20(27)22(18)26/h5-6,11-15H,4,7-10H2,1-3H3,(H2,28,30)(H,29,34). The van der Waals surface area contributed by atoms with E-state index in [1.54, 1.807) is 36.3 Å². The molecule has 1 unspecified atom stereocenters. The molecule has 0 spiro atoms. The molecule has 0 saturated heterocycles. The molecule has 0 bridgehead atoms. The average Bonchev–Trinajstić information content (AvgIpc) is 3.32. The van der Waals surface area contributed by atoms with Crippen LogP contribution in [0.25, 0.3) is 11.1 Å². The highest BCUT2D eigenvalue weighted by atomic mass is 35.5. The van der Waals surface area contributed by atoms with Gasteiger partial charge in [0.05, 0.1) is 17.8 Å². The molecule has 3 N–H and O–H groups in total. The number of pyridine rings is 1. The van der Waals surface area contributed by atoms with Gasteiger partial charge in [0.1, 0.15) is 11.9 Å². The molecule has 0 radical (unpaired) electrons. The van der Waals surface area contributed by atoms with E-state index >= 15 is 0 Å². The topological polar surface area (TPSA) is 98.3 Å². The number of benzene rings is 1. The number of nitrogens with zero attached hydrogens (tertiary/aromatic N) is 4. The monoisotopic (exact) mass is 522 g/mol. The number of nitrogens with two attached hydrogens (primary N) is 1. The number of ether oxygens (including phenoxy) is 1. The van der Waals surface area contributed by atoms with E-state index < -0.39 is 11.9 Å². The summed E-state index contributed by atoms with van der Waals surface area (Å²) in [6.45, 7) is 3.46. The molecule has 188 valence electrons. The Balaban J connectivity index is 1.63. The summed E-state index contributed by atoms with van der Waals surface area (Å²) in [6.07, 6.45) is 6.19. The molecule has 35 heavy (non-hydrogen) atoms. The lowest BCUT2D eigenvalue weighted by Gasteiger charge is -2.14. The Hall–Kier alpha value is -2.88. The van der Waals surface area contributed by atoms with Crippen molar-refractivity contribution < 1.29 is 13.9 Å². The number of carbonyl (C=O) groups is 1. The van der Waals surface area contributed by atoms with Crippen molar-refractivity contribution in [2.45, 2.75) is 25.8 Å². The summed E-state index contributed by atoms with van der Waals surface area (Å²) >= 11 is 12.2. The number of carbonyl (C=O) groups excluding carboxylic acids is 1. The van der Waals surface area contributed by atoms with E-state index in [1.165, 1.54) is 12.1 Å². The molecule has 0 aliphatic heterocycles. The predicted molar refractivity (Wildman–Crippen MR) is 136 cm³/mol. The first-order valence-corrected chi connectivity index (χ1v) is 11.9. The summed E-state index contributed by atoms with van der Waals surface area (Å²) in [5.74, 6) is -0.0658. The van der Waals surface area contributed by atoms with Gasteiger partial charge in [0.25, 0.3) is 0 Å². The Kier molecular flexibility index (Phi) is 9.31. The highest BCUT2D eigenvalue weighted by Crippen LogP contribution is 2.30. The summed E-state index contributed by atoms with van der Waals surface area (Å²) in [4.78, 5) is 18.7. The van der Waals surface area contributed by atoms with Crippen LogP contribution in [0.1, 0.15) is 24.9 Å². The predicted octanol–water partition coefficient (Wildman–Crippen LogP) is 4.22. The van der Waals surface area contributed by atoms with Gasteiger partial charge >= 0.3 is 0 Å². The number of anilines is 1. The van der Waals surface area contributed by atoms with Crippen molar-refractivity contribution in [2.75, 3.05) is 39.5 Å². The molecule has 2 aromatic heterocycles. The number of amides is 1. The number of nitrogens with one attached hydrogen (secondary N) is 1. The van der Waals surface area contributed by atoms with Crippen LogP contribution in [-0.4, -0.2) is 59.4 Å². The second-order valence-corrected chi connectivity index (χ2v) is 9.15. The Bertz CT molecular complexity index is 1170. The van der Waals surface area contributed by atoms with Crippen molar-refractivity contribution in [3.8, 4) is 16.9 Å². The van der Waals surface area contributed by atoms with E-state index in [4.69, 9.17) is 33.7 Å². The van der Waals surface area contributed by atoms with Crippen LogP contribution in [0.4, 0.5) is 10.2 Å². The van der Waals surface area contributed by atoms with Crippen molar-refractivity contribution in [2.24, 2.45) is 0 Å². The molecule has 1 amide bonds. The van der Waals surface area contributed by atoms with E-state index in [1.807, 2.05) is 14.1 Å². The van der Waals surface area contributed by atoms with Gasteiger partial charge in [-0.05, 0) is 57.7 Å². The van der Waals surface area contributed by atoms with Crippen LogP contribution in [0.2, 0.25) is 10.0 Å². The SMILES string of the molecule is CC(C(=O)NCCCN(C)C)n1cc(-c2cnc(N)c(OCCc3c(Cl)ccc(F)c3Cl)c2)cn1. The first-order valence-electron chi connectivity index (χ1n) is 11.1. The van der Waals surface area contributed by atoms with Gasteiger partial charge in [-0.2, -0.15) is 5.10 Å². The maximum absolute atomic E-state index is 13.7. The molecule has 0 aliphatic carbocycles. The molecule has 3 rings (SSSR count). The van der Waals surface area contributed by atoms with Gasteiger partial charge in [-0.3, -0.25) is 9.48 Å². The molecule has 0 saturated carbocycles. The highest BCUT2D eigenvalue weighted by Gasteiger charge is 2.17. The van der Waals surface area contributed by atoms with E-state index in [0.717, 1.165) is 24.1 Å². The molecule has 1 atom stereocenters. The third-order valence-electron chi connectivity index (χ3n) is 5.42. The summed E-state index contributed by atoms with van der Waals surface area (Å²) in [5, 5.41) is 7.61. The zero-order valence-electron chi connectivity index (χ0n) is 19.9. The van der Waals surface area contributed by atoms with Gasteiger partial charge in [0.2, 0.25) is 5.91 Å². The first-order chi connectivity index (χ1) is 16.7. The zero-order valence-corrected chi connectivity index (χ0v) is 21.4. The molecule has 1 aromatic carbocycles. The minimum absolute atomic E-state index is 0.0239. The maximum atomic E-state index is 13.7. The molecule has 11 heteroatoms. The Labute approximate surface area is 214 Å². The summed E-state index contributed by atoms with van der Waals surface area (Å²) < 4.78 is 21.1. The maximum Gasteiger partial charge on any atom is 0.244 e. The van der Waals surface area contributed by atoms with Gasteiger partial charge in [0, 0.05) is 41.5 Å². The fourth-order valence-electron chi connectivity index (χ4n) is 3.36. The first kappa shape index (κ1) is 26.7. The van der Waals surface area contributed by atoms with Gasteiger partial charge in [0.15, 0.2) is 11.6 Å². The van der Waals surface area contributed by atoms with Crippen LogP contribution in [-0.2, 0) is 11.2 Å². The van der Waals surface area contributed by atoms with Crippen LogP contribution in [0.5, 0.6) is 5.75 Å². The highest BCUT2D eigenvalue weighted by molar-refractivity contribution is 6.36. The average molecular weight is 523 g/mol. The normalized spacial score (nSPS) is 12.1. The molecular weight excluding hydrogens is 494 g/mol. The second kappa shape index (κ2) is 12.2. The molecule has 0 aliphatic rings. The van der Waals surface area contributed by atoms with Crippen LogP contribution in [0.3, 0.4) is 0 Å². The molecule has 8 nitrogen and oxygen atoms in total. The molecule has 0 fully saturated rings. The second-order valence-electron chi connectivity index (χ2n) is 8.36. The van der Waals surface area contributed by atoms with Crippen LogP contribution >= 0.6 is 23.2 Å². The molecule has 3 aromatic rings. The number of hydrogen-bond acceptors (Lipinski definition) is 6. The third kappa shape index (κ3) is 7.06. The smallest absolute Gasteiger partial charge is 0.244 e. The van der Waals surface area contributed by atoms with Crippen LogP contribution < -0.4 is 15.8 Å². The molecular formula is C24H29Cl2FN6O2. The summed E-state index contributed by atoms with van der Waals surface area (Å²) in [7, 11) is 3.99. The molecule has 2 heterocycles. The minimum Gasteiger partial charge on any atom is -0.489 e. The van der Waals surface area contributed by atoms with Crippen LogP contribution in [0.15, 0.2) is 36.8 Å². The largest absolute Gasteiger partial charge is 0.489 e. The Morgan fingerprint density at radius 3 is 2.80 bits per heavy atom. The van der Waals surface area contributed by atoms with Crippen molar-refractivity contribution in [1.29, 1.82) is 0 Å². The number of hydrogen-bond donors (Lipinski definition) is 2. The van der Waals surface area contributed by atoms with Crippen molar-refractivity contribution in [3.05, 3.63) is 58.2 Å². The van der Waals surface area contributed by atoms with Crippen molar-refractivity contribution in [3.63, 3.8) is 0 Å². The lowest BCUT2D eigenvalue weighted by Crippen LogP contribution is -2.33. The lowest BCUT2D eigenvalue weighted by atomic mass is 10.1. The van der Waals surface area contributed by atoms with Gasteiger partial charge < -0.3 is 20.7 Å². The number of nitrogen functional groups attached to an aromatic ring is 1. The lowest BCUT2D eigenvalue weighted by molar-refractivity contribution is -0.124. The third-order valence-corrected chi connectivity index (χ3v) is 6.19. The van der Waals surface area contributed by atoms with Gasteiger partial charge in [-0.1, -0.05) is 23.2 Å². The van der Waals surface area contributed by atoms with Crippen molar-refractivity contribution in [1.82, 2.24) is 25.0 Å². The Morgan fingerprint density at radius 1 is 1.29 bits per heavy atom. The van der Waals surface area contributed by atoms with E-state index in [2.05, 4.69) is 20.3 Å². The van der Waals surface area contributed by atoms with E-state index in [-0.39, 0.29) is 29.8 Å². The Morgan fingerprint density at radius 2 is 2.06 bits per heavy atom.